The van der Waals surface area contributed by atoms with Crippen molar-refractivity contribution in [3.63, 3.8) is 0 Å². The van der Waals surface area contributed by atoms with E-state index in [4.69, 9.17) is 14.5 Å². The summed E-state index contributed by atoms with van der Waals surface area (Å²) < 4.78 is 21.4. The number of aliphatic hydroxyl groups is 1. The van der Waals surface area contributed by atoms with Crippen molar-refractivity contribution < 1.29 is 28.7 Å². The van der Waals surface area contributed by atoms with Crippen LogP contribution in [-0.4, -0.2) is 43.3 Å². The molecule has 0 unspecified atom stereocenters. The highest BCUT2D eigenvalue weighted by Crippen LogP contribution is 2.38. The van der Waals surface area contributed by atoms with Gasteiger partial charge in [-0.05, 0) is 6.92 Å². The van der Waals surface area contributed by atoms with Gasteiger partial charge in [-0.3, -0.25) is 18.9 Å². The molecule has 0 saturated carbocycles. The summed E-state index contributed by atoms with van der Waals surface area (Å²) in [5.74, 6) is 0. The SMILES string of the molecule is Cc1cn([C@H]2C[C@H](O)[C@@H](COP(=O)(O)O)O2)[14c](=O)[nH]c1=O. The van der Waals surface area contributed by atoms with E-state index in [1.54, 1.807) is 0 Å². The zero-order chi connectivity index (χ0) is 15.8. The van der Waals surface area contributed by atoms with Crippen LogP contribution in [-0.2, 0) is 13.8 Å². The van der Waals surface area contributed by atoms with Crippen LogP contribution in [0.15, 0.2) is 15.8 Å². The van der Waals surface area contributed by atoms with Gasteiger partial charge in [-0.25, -0.2) is 9.36 Å². The Morgan fingerprint density at radius 3 is 2.90 bits per heavy atom. The van der Waals surface area contributed by atoms with Gasteiger partial charge in [-0.2, -0.15) is 0 Å². The van der Waals surface area contributed by atoms with Crippen LogP contribution >= 0.6 is 7.82 Å². The summed E-state index contributed by atoms with van der Waals surface area (Å²) >= 11 is 0. The lowest BCUT2D eigenvalue weighted by atomic mass is 10.2. The maximum Gasteiger partial charge on any atom is 0.469 e. The fraction of sp³-hybridized carbons (Fsp3) is 0.600. The van der Waals surface area contributed by atoms with Crippen molar-refractivity contribution in [2.24, 2.45) is 0 Å². The van der Waals surface area contributed by atoms with E-state index in [-0.39, 0.29) is 6.42 Å². The highest BCUT2D eigenvalue weighted by molar-refractivity contribution is 7.46. The molecule has 11 heteroatoms. The second kappa shape index (κ2) is 5.84. The molecule has 10 nitrogen and oxygen atoms in total. The summed E-state index contributed by atoms with van der Waals surface area (Å²) in [5.41, 5.74) is -0.918. The average Bonchev–Trinajstić information content (AvgIpc) is 2.72. The van der Waals surface area contributed by atoms with Crippen LogP contribution in [0.25, 0.3) is 0 Å². The van der Waals surface area contributed by atoms with Gasteiger partial charge in [0.25, 0.3) is 5.56 Å². The number of aliphatic hydroxyl groups excluding tert-OH is 1. The lowest BCUT2D eigenvalue weighted by molar-refractivity contribution is -0.0451. The van der Waals surface area contributed by atoms with Gasteiger partial charge in [0.05, 0.1) is 12.7 Å². The van der Waals surface area contributed by atoms with Gasteiger partial charge in [0.2, 0.25) is 0 Å². The molecular weight excluding hydrogens is 309 g/mol. The van der Waals surface area contributed by atoms with Crippen LogP contribution < -0.4 is 11.2 Å². The first-order valence-corrected chi connectivity index (χ1v) is 7.56. The summed E-state index contributed by atoms with van der Waals surface area (Å²) in [5, 5.41) is 9.79. The Morgan fingerprint density at radius 1 is 1.62 bits per heavy atom. The summed E-state index contributed by atoms with van der Waals surface area (Å²) in [7, 11) is -4.67. The molecule has 2 rings (SSSR count). The molecule has 1 aromatic heterocycles. The van der Waals surface area contributed by atoms with Crippen LogP contribution in [0.2, 0.25) is 0 Å². The number of phosphoric acid groups is 1. The zero-order valence-corrected chi connectivity index (χ0v) is 11.9. The smallest absolute Gasteiger partial charge is 0.390 e. The van der Waals surface area contributed by atoms with E-state index in [9.17, 15) is 19.3 Å². The van der Waals surface area contributed by atoms with Gasteiger partial charge in [-0.1, -0.05) is 0 Å². The number of rotatable bonds is 4. The van der Waals surface area contributed by atoms with Crippen LogP contribution in [0.1, 0.15) is 18.2 Å². The maximum atomic E-state index is 11.7. The molecule has 1 fully saturated rings. The Morgan fingerprint density at radius 2 is 2.29 bits per heavy atom. The molecule has 21 heavy (non-hydrogen) atoms. The minimum absolute atomic E-state index is 0.0283. The number of nitrogens with zero attached hydrogens (tertiary/aromatic N) is 1. The Hall–Kier alpha value is -1.29. The minimum Gasteiger partial charge on any atom is -0.390 e. The highest BCUT2D eigenvalue weighted by atomic mass is 31.2. The van der Waals surface area contributed by atoms with Crippen molar-refractivity contribution in [1.29, 1.82) is 0 Å². The third-order valence-corrected chi connectivity index (χ3v) is 3.55. The van der Waals surface area contributed by atoms with E-state index in [1.807, 2.05) is 0 Å². The number of aromatic amines is 1. The van der Waals surface area contributed by atoms with Crippen molar-refractivity contribution >= 4 is 7.82 Å². The van der Waals surface area contributed by atoms with Crippen molar-refractivity contribution in [3.05, 3.63) is 32.6 Å². The van der Waals surface area contributed by atoms with Gasteiger partial charge < -0.3 is 19.6 Å². The number of aryl methyl sites for hydroxylation is 1. The Balaban J connectivity index is 2.14. The zero-order valence-electron chi connectivity index (χ0n) is 11.0. The molecule has 2 heterocycles. The Kier molecular flexibility index (Phi) is 4.47. The largest absolute Gasteiger partial charge is 0.469 e. The predicted octanol–water partition coefficient (Wildman–Crippen LogP) is -1.40. The molecule has 3 atom stereocenters. The number of ether oxygens (including phenoxy) is 1. The minimum atomic E-state index is -4.67. The van der Waals surface area contributed by atoms with E-state index in [2.05, 4.69) is 9.51 Å². The van der Waals surface area contributed by atoms with Gasteiger partial charge in [0.1, 0.15) is 12.3 Å². The van der Waals surface area contributed by atoms with Crippen molar-refractivity contribution in [2.45, 2.75) is 31.8 Å². The first-order chi connectivity index (χ1) is 9.67. The third-order valence-electron chi connectivity index (χ3n) is 3.07. The second-order valence-electron chi connectivity index (χ2n) is 4.70. The van der Waals surface area contributed by atoms with E-state index in [0.717, 1.165) is 4.57 Å². The van der Waals surface area contributed by atoms with Gasteiger partial charge >= 0.3 is 13.5 Å². The monoisotopic (exact) mass is 324 g/mol. The molecule has 0 radical (unpaired) electrons. The third kappa shape index (κ3) is 3.88. The predicted molar refractivity (Wildman–Crippen MR) is 68.6 cm³/mol. The lowest BCUT2D eigenvalue weighted by Gasteiger charge is -2.16. The quantitative estimate of drug-likeness (QED) is 0.494. The van der Waals surface area contributed by atoms with Crippen LogP contribution in [0.5, 0.6) is 0 Å². The molecule has 0 bridgehead atoms. The average molecular weight is 324 g/mol. The molecule has 0 aliphatic carbocycles. The number of aromatic nitrogens is 2. The van der Waals surface area contributed by atoms with Crippen LogP contribution in [0.3, 0.4) is 0 Å². The van der Waals surface area contributed by atoms with Crippen LogP contribution in [0, 0.1) is 6.92 Å². The van der Waals surface area contributed by atoms with Gasteiger partial charge in [-0.15, -0.1) is 0 Å². The summed E-state index contributed by atoms with van der Waals surface area (Å²) in [6, 6.07) is 0. The maximum absolute atomic E-state index is 11.7. The second-order valence-corrected chi connectivity index (χ2v) is 5.94. The first kappa shape index (κ1) is 16.1. The molecule has 118 valence electrons. The fourth-order valence-electron chi connectivity index (χ4n) is 2.01. The van der Waals surface area contributed by atoms with E-state index in [1.165, 1.54) is 13.1 Å². The topological polar surface area (TPSA) is 151 Å². The molecule has 1 aliphatic rings. The molecular formula is C10H15N2O8P. The van der Waals surface area contributed by atoms with Crippen molar-refractivity contribution in [1.82, 2.24) is 9.55 Å². The summed E-state index contributed by atoms with van der Waals surface area (Å²) in [6.07, 6.45) is -1.57. The number of nitrogens with one attached hydrogen (secondary N) is 1. The highest BCUT2D eigenvalue weighted by Gasteiger charge is 2.37. The number of hydrogen-bond acceptors (Lipinski definition) is 6. The molecule has 0 spiro atoms. The molecule has 0 aromatic carbocycles. The normalized spacial score (nSPS) is 26.2. The molecule has 1 aliphatic heterocycles. The lowest BCUT2D eigenvalue weighted by Crippen LogP contribution is -2.33. The van der Waals surface area contributed by atoms with E-state index in [0.29, 0.717) is 5.56 Å². The van der Waals surface area contributed by atoms with Gasteiger partial charge in [0.15, 0.2) is 0 Å². The standard InChI is InChI=1S/C10H15N2O8P/c1-5-3-12(10(15)11-9(5)14)8-2-6(13)7(20-8)4-19-21(16,17)18/h3,6-8,13H,2,4H2,1H3,(H,11,14,15)(H2,16,17,18)/t6-,7+,8+/m0/s1/i10+2. The van der Waals surface area contributed by atoms with Crippen molar-refractivity contribution in [2.75, 3.05) is 6.61 Å². The first-order valence-electron chi connectivity index (χ1n) is 6.03. The van der Waals surface area contributed by atoms with Crippen molar-refractivity contribution in [3.8, 4) is 0 Å². The molecule has 0 amide bonds. The molecule has 1 aromatic rings. The Bertz CT molecular complexity index is 676. The number of phosphoric ester groups is 1. The number of hydrogen-bond donors (Lipinski definition) is 4. The fourth-order valence-corrected chi connectivity index (χ4v) is 2.35. The molecule has 4 N–H and O–H groups in total. The van der Waals surface area contributed by atoms with E-state index >= 15 is 0 Å². The summed E-state index contributed by atoms with van der Waals surface area (Å²) in [4.78, 5) is 42.3. The van der Waals surface area contributed by atoms with E-state index < -0.39 is 44.1 Å². The van der Waals surface area contributed by atoms with Crippen LogP contribution in [0.4, 0.5) is 0 Å². The summed E-state index contributed by atoms with van der Waals surface area (Å²) in [6.45, 7) is 0.994. The van der Waals surface area contributed by atoms with Gasteiger partial charge in [0, 0.05) is 18.2 Å². The Labute approximate surface area is 118 Å². The molecule has 1 saturated heterocycles. The number of H-pyrrole nitrogens is 1.